The summed E-state index contributed by atoms with van der Waals surface area (Å²) in [5, 5.41) is 2.90. The first-order chi connectivity index (χ1) is 8.48. The lowest BCUT2D eigenvalue weighted by Gasteiger charge is -2.32. The molecule has 3 nitrogen and oxygen atoms in total. The summed E-state index contributed by atoms with van der Waals surface area (Å²) < 4.78 is 25.2. The molecule has 3 N–H and O–H groups in total. The average molecular weight is 381 g/mol. The maximum absolute atomic E-state index is 12.6. The van der Waals surface area contributed by atoms with E-state index in [0.717, 1.165) is 12.1 Å². The van der Waals surface area contributed by atoms with Crippen LogP contribution in [0.1, 0.15) is 25.3 Å². The summed E-state index contributed by atoms with van der Waals surface area (Å²) in [5.74, 6) is -2.36. The van der Waals surface area contributed by atoms with E-state index in [-0.39, 0.29) is 48.8 Å². The Morgan fingerprint density at radius 1 is 1.37 bits per heavy atom. The third-order valence-electron chi connectivity index (χ3n) is 3.02. The molecule has 6 heteroatoms. The van der Waals surface area contributed by atoms with E-state index in [0.29, 0.717) is 0 Å². The van der Waals surface area contributed by atoms with Gasteiger partial charge in [0.05, 0.1) is 6.04 Å². The Kier molecular flexibility index (Phi) is 5.51. The van der Waals surface area contributed by atoms with Crippen LogP contribution in [0.25, 0.3) is 0 Å². The highest BCUT2D eigenvalue weighted by Gasteiger charge is 2.45. The molecule has 0 atom stereocenters. The van der Waals surface area contributed by atoms with Crippen LogP contribution in [0.4, 0.5) is 14.5 Å². The number of benzene rings is 1. The number of anilines is 1. The molecule has 1 aliphatic rings. The van der Waals surface area contributed by atoms with E-state index in [2.05, 4.69) is 17.2 Å². The van der Waals surface area contributed by atoms with Crippen LogP contribution in [0.5, 0.6) is 0 Å². The predicted molar refractivity (Wildman–Crippen MR) is 84.4 cm³/mol. The molecule has 19 heavy (non-hydrogen) atoms. The van der Waals surface area contributed by atoms with Crippen molar-refractivity contribution in [1.29, 1.82) is 0 Å². The zero-order valence-electron chi connectivity index (χ0n) is 10.7. The average Bonchev–Trinajstić information content (AvgIpc) is 2.27. The number of guanidine groups is 1. The van der Waals surface area contributed by atoms with Crippen molar-refractivity contribution in [1.82, 2.24) is 0 Å². The monoisotopic (exact) mass is 381 g/mol. The summed E-state index contributed by atoms with van der Waals surface area (Å²) in [6, 6.07) is 7.43. The SMILES string of the molecule is CCc1ccc(NC(N)=NC2CC(F)(F)C2)cc1.I. The Morgan fingerprint density at radius 3 is 2.42 bits per heavy atom. The lowest BCUT2D eigenvalue weighted by atomic mass is 9.89. The van der Waals surface area contributed by atoms with E-state index in [1.54, 1.807) is 0 Å². The summed E-state index contributed by atoms with van der Waals surface area (Å²) in [6.07, 6.45) is 0.565. The minimum Gasteiger partial charge on any atom is -0.370 e. The first-order valence-corrected chi connectivity index (χ1v) is 6.05. The van der Waals surface area contributed by atoms with Gasteiger partial charge in [0.25, 0.3) is 5.92 Å². The molecule has 1 fully saturated rings. The van der Waals surface area contributed by atoms with Gasteiger partial charge in [-0.05, 0) is 24.1 Å². The number of aryl methyl sites for hydroxylation is 1. The normalized spacial score (nSPS) is 18.4. The first kappa shape index (κ1) is 16.1. The van der Waals surface area contributed by atoms with Gasteiger partial charge in [-0.15, -0.1) is 24.0 Å². The van der Waals surface area contributed by atoms with Gasteiger partial charge in [0, 0.05) is 18.5 Å². The Balaban J connectivity index is 0.00000180. The molecular formula is C13H18F2IN3. The molecule has 1 aromatic carbocycles. The molecule has 0 aromatic heterocycles. The van der Waals surface area contributed by atoms with Gasteiger partial charge in [0.1, 0.15) is 0 Å². The fourth-order valence-corrected chi connectivity index (χ4v) is 1.92. The van der Waals surface area contributed by atoms with Crippen LogP contribution in [-0.4, -0.2) is 17.9 Å². The Labute approximate surface area is 128 Å². The minimum absolute atomic E-state index is 0. The number of hydrogen-bond donors (Lipinski definition) is 2. The van der Waals surface area contributed by atoms with Gasteiger partial charge in [-0.25, -0.2) is 13.8 Å². The van der Waals surface area contributed by atoms with Crippen molar-refractivity contribution in [2.45, 2.75) is 38.2 Å². The molecule has 1 saturated carbocycles. The van der Waals surface area contributed by atoms with Crippen molar-refractivity contribution in [3.8, 4) is 0 Å². The van der Waals surface area contributed by atoms with Crippen molar-refractivity contribution in [3.05, 3.63) is 29.8 Å². The molecule has 106 valence electrons. The second kappa shape index (κ2) is 6.49. The Bertz CT molecular complexity index is 438. The summed E-state index contributed by atoms with van der Waals surface area (Å²) in [4.78, 5) is 4.02. The highest BCUT2D eigenvalue weighted by molar-refractivity contribution is 14.0. The van der Waals surface area contributed by atoms with Gasteiger partial charge in [0.2, 0.25) is 0 Å². The fourth-order valence-electron chi connectivity index (χ4n) is 1.92. The maximum Gasteiger partial charge on any atom is 0.252 e. The van der Waals surface area contributed by atoms with Crippen LogP contribution < -0.4 is 11.1 Å². The highest BCUT2D eigenvalue weighted by Crippen LogP contribution is 2.39. The van der Waals surface area contributed by atoms with Gasteiger partial charge < -0.3 is 11.1 Å². The van der Waals surface area contributed by atoms with Crippen molar-refractivity contribution < 1.29 is 8.78 Å². The number of nitrogens with two attached hydrogens (primary N) is 1. The lowest BCUT2D eigenvalue weighted by Crippen LogP contribution is -2.40. The standard InChI is InChI=1S/C13H17F2N3.HI/c1-2-9-3-5-10(6-4-9)17-12(16)18-11-7-13(14,15)8-11;/h3-6,11H,2,7-8H2,1H3,(H3,16,17,18);1H. The van der Waals surface area contributed by atoms with Crippen molar-refractivity contribution in [3.63, 3.8) is 0 Å². The molecule has 0 bridgehead atoms. The van der Waals surface area contributed by atoms with Gasteiger partial charge in [0.15, 0.2) is 5.96 Å². The first-order valence-electron chi connectivity index (χ1n) is 6.05. The van der Waals surface area contributed by atoms with E-state index in [4.69, 9.17) is 5.73 Å². The molecule has 1 aliphatic carbocycles. The van der Waals surface area contributed by atoms with Crippen molar-refractivity contribution >= 4 is 35.6 Å². The van der Waals surface area contributed by atoms with E-state index in [1.165, 1.54) is 5.56 Å². The van der Waals surface area contributed by atoms with Crippen LogP contribution >= 0.6 is 24.0 Å². The highest BCUT2D eigenvalue weighted by atomic mass is 127. The quantitative estimate of drug-likeness (QED) is 0.479. The summed E-state index contributed by atoms with van der Waals surface area (Å²) in [7, 11) is 0. The van der Waals surface area contributed by atoms with E-state index in [1.807, 2.05) is 24.3 Å². The Morgan fingerprint density at radius 2 is 1.95 bits per heavy atom. The minimum atomic E-state index is -2.56. The zero-order valence-corrected chi connectivity index (χ0v) is 13.0. The zero-order chi connectivity index (χ0) is 13.2. The second-order valence-corrected chi connectivity index (χ2v) is 4.61. The van der Waals surface area contributed by atoms with Crippen LogP contribution in [0, 0.1) is 0 Å². The third kappa shape index (κ3) is 4.59. The van der Waals surface area contributed by atoms with E-state index >= 15 is 0 Å². The van der Waals surface area contributed by atoms with Gasteiger partial charge in [-0.3, -0.25) is 0 Å². The van der Waals surface area contributed by atoms with Crippen LogP contribution in [0.2, 0.25) is 0 Å². The van der Waals surface area contributed by atoms with E-state index in [9.17, 15) is 8.78 Å². The van der Waals surface area contributed by atoms with Crippen molar-refractivity contribution in [2.24, 2.45) is 10.7 Å². The van der Waals surface area contributed by atoms with Gasteiger partial charge in [-0.2, -0.15) is 0 Å². The molecule has 0 heterocycles. The number of hydrogen-bond acceptors (Lipinski definition) is 1. The lowest BCUT2D eigenvalue weighted by molar-refractivity contribution is -0.0834. The Hall–Kier alpha value is -0.920. The van der Waals surface area contributed by atoms with Gasteiger partial charge >= 0.3 is 0 Å². The third-order valence-corrected chi connectivity index (χ3v) is 3.02. The topological polar surface area (TPSA) is 50.4 Å². The molecule has 0 aliphatic heterocycles. The van der Waals surface area contributed by atoms with Crippen LogP contribution in [0.15, 0.2) is 29.3 Å². The van der Waals surface area contributed by atoms with Crippen LogP contribution in [0.3, 0.4) is 0 Å². The van der Waals surface area contributed by atoms with Crippen LogP contribution in [-0.2, 0) is 6.42 Å². The molecule has 0 radical (unpaired) electrons. The summed E-state index contributed by atoms with van der Waals surface area (Å²) in [6.45, 7) is 2.08. The predicted octanol–water partition coefficient (Wildman–Crippen LogP) is 3.39. The number of nitrogens with zero attached hydrogens (tertiary/aromatic N) is 1. The summed E-state index contributed by atoms with van der Waals surface area (Å²) in [5.41, 5.74) is 7.72. The summed E-state index contributed by atoms with van der Waals surface area (Å²) >= 11 is 0. The molecular weight excluding hydrogens is 363 g/mol. The maximum atomic E-state index is 12.6. The molecule has 2 rings (SSSR count). The van der Waals surface area contributed by atoms with Gasteiger partial charge in [-0.1, -0.05) is 19.1 Å². The smallest absolute Gasteiger partial charge is 0.252 e. The number of aliphatic imine (C=N–C) groups is 1. The fraction of sp³-hybridized carbons (Fsp3) is 0.462. The number of rotatable bonds is 3. The number of nitrogens with one attached hydrogen (secondary N) is 1. The molecule has 1 aromatic rings. The second-order valence-electron chi connectivity index (χ2n) is 4.61. The number of alkyl halides is 2. The molecule has 0 unspecified atom stereocenters. The number of halogens is 3. The largest absolute Gasteiger partial charge is 0.370 e. The molecule has 0 spiro atoms. The molecule has 0 amide bonds. The van der Waals surface area contributed by atoms with Crippen molar-refractivity contribution in [2.75, 3.05) is 5.32 Å². The molecule has 0 saturated heterocycles. The van der Waals surface area contributed by atoms with E-state index < -0.39 is 5.92 Å².